The summed E-state index contributed by atoms with van der Waals surface area (Å²) in [6.45, 7) is 8.84. The molecular formula is C25H40FN3OY. The maximum absolute atomic E-state index is 12.4. The molecule has 171 valence electrons. The first-order chi connectivity index (χ1) is 13.0. The second kappa shape index (κ2) is 18.1. The summed E-state index contributed by atoms with van der Waals surface area (Å²) >= 11 is 0. The molecule has 0 amide bonds. The van der Waals surface area contributed by atoms with Crippen molar-refractivity contribution < 1.29 is 41.8 Å². The van der Waals surface area contributed by atoms with Crippen molar-refractivity contribution in [3.8, 4) is 11.4 Å². The Balaban J connectivity index is -0.000000493. The van der Waals surface area contributed by atoms with Gasteiger partial charge in [0.05, 0.1) is 18.1 Å². The van der Waals surface area contributed by atoms with Crippen LogP contribution in [0.5, 0.6) is 5.75 Å². The van der Waals surface area contributed by atoms with E-state index in [1.165, 1.54) is 17.7 Å². The molecule has 0 fully saturated rings. The van der Waals surface area contributed by atoms with Crippen molar-refractivity contribution in [2.75, 3.05) is 6.73 Å². The molecule has 1 radical (unpaired) electrons. The van der Waals surface area contributed by atoms with Gasteiger partial charge in [-0.15, -0.1) is 0 Å². The molecule has 0 bridgehead atoms. The van der Waals surface area contributed by atoms with Crippen LogP contribution in [-0.2, 0) is 32.7 Å². The van der Waals surface area contributed by atoms with E-state index < -0.39 is 0 Å². The van der Waals surface area contributed by atoms with Crippen LogP contribution in [0.1, 0.15) is 61.5 Å². The maximum atomic E-state index is 12.4. The van der Waals surface area contributed by atoms with Crippen molar-refractivity contribution in [3.05, 3.63) is 78.4 Å². The van der Waals surface area contributed by atoms with Crippen molar-refractivity contribution in [3.63, 3.8) is 0 Å². The van der Waals surface area contributed by atoms with E-state index in [1.54, 1.807) is 10.9 Å². The normalized spacial score (nSPS) is 9.26. The quantitative estimate of drug-likeness (QED) is 0.364. The fourth-order valence-corrected chi connectivity index (χ4v) is 2.24. The van der Waals surface area contributed by atoms with Crippen molar-refractivity contribution in [1.82, 2.24) is 15.1 Å². The van der Waals surface area contributed by atoms with Gasteiger partial charge in [-0.1, -0.05) is 66.5 Å². The predicted octanol–water partition coefficient (Wildman–Crippen LogP) is 7.06. The Hall–Kier alpha value is -1.56. The zero-order valence-corrected chi connectivity index (χ0v) is 19.8. The van der Waals surface area contributed by atoms with Crippen molar-refractivity contribution in [2.45, 2.75) is 61.9 Å². The van der Waals surface area contributed by atoms with Crippen molar-refractivity contribution in [1.29, 1.82) is 0 Å². The van der Waals surface area contributed by atoms with Crippen LogP contribution in [0.25, 0.3) is 5.69 Å². The number of hydrogen-bond acceptors (Lipinski definition) is 3. The van der Waals surface area contributed by atoms with Crippen LogP contribution < -0.4 is 10.1 Å². The summed E-state index contributed by atoms with van der Waals surface area (Å²) in [4.78, 5) is 0. The predicted molar refractivity (Wildman–Crippen MR) is 128 cm³/mol. The second-order valence-corrected chi connectivity index (χ2v) is 6.81. The van der Waals surface area contributed by atoms with Crippen LogP contribution in [0, 0.1) is 5.82 Å². The van der Waals surface area contributed by atoms with Gasteiger partial charge in [0.1, 0.15) is 12.5 Å². The Kier molecular flexibility index (Phi) is 19.8. The number of ether oxygens (including phenoxy) is 1. The molecule has 0 saturated heterocycles. The number of nitrogens with zero attached hydrogens (tertiary/aromatic N) is 2. The van der Waals surface area contributed by atoms with Crippen LogP contribution in [0.15, 0.2) is 67.0 Å². The van der Waals surface area contributed by atoms with Gasteiger partial charge in [0, 0.05) is 38.8 Å². The molecule has 0 atom stereocenters. The monoisotopic (exact) mass is 506 g/mol. The molecule has 0 unspecified atom stereocenters. The van der Waals surface area contributed by atoms with Crippen LogP contribution >= 0.6 is 0 Å². The Labute approximate surface area is 214 Å². The molecule has 1 aromatic heterocycles. The van der Waals surface area contributed by atoms with E-state index in [0.29, 0.717) is 18.7 Å². The summed E-state index contributed by atoms with van der Waals surface area (Å²) in [7, 11) is 0. The molecule has 1 heterocycles. The van der Waals surface area contributed by atoms with E-state index in [2.05, 4.69) is 38.1 Å². The van der Waals surface area contributed by atoms with Gasteiger partial charge in [0.25, 0.3) is 0 Å². The molecule has 4 nitrogen and oxygen atoms in total. The molecule has 0 spiro atoms. The van der Waals surface area contributed by atoms with Gasteiger partial charge in [-0.3, -0.25) is 5.32 Å². The van der Waals surface area contributed by atoms with Gasteiger partial charge in [-0.2, -0.15) is 5.10 Å². The minimum Gasteiger partial charge on any atom is -0.475 e. The van der Waals surface area contributed by atoms with E-state index in [-0.39, 0.29) is 60.8 Å². The molecular weight excluding hydrogens is 466 g/mol. The zero-order valence-electron chi connectivity index (χ0n) is 17.0. The Morgan fingerprint density at radius 1 is 0.935 bits per heavy atom. The van der Waals surface area contributed by atoms with E-state index in [4.69, 9.17) is 4.74 Å². The fraction of sp³-hybridized carbons (Fsp3) is 0.400. The molecule has 0 aliphatic rings. The largest absolute Gasteiger partial charge is 0.475 e. The summed E-state index contributed by atoms with van der Waals surface area (Å²) in [5, 5.41) is 7.43. The summed E-state index contributed by atoms with van der Waals surface area (Å²) in [5.74, 6) is 1.09. The number of halogens is 1. The molecule has 31 heavy (non-hydrogen) atoms. The number of para-hydroxylation sites is 1. The zero-order chi connectivity index (χ0) is 19.6. The third-order valence-electron chi connectivity index (χ3n) is 3.85. The van der Waals surface area contributed by atoms with Crippen molar-refractivity contribution in [2.24, 2.45) is 0 Å². The van der Waals surface area contributed by atoms with Crippen LogP contribution in [0.4, 0.5) is 4.39 Å². The van der Waals surface area contributed by atoms with Gasteiger partial charge in [0.15, 0.2) is 5.75 Å². The molecule has 1 N–H and O–H groups in total. The molecule has 3 rings (SSSR count). The van der Waals surface area contributed by atoms with Gasteiger partial charge in [-0.25, -0.2) is 9.07 Å². The van der Waals surface area contributed by atoms with E-state index >= 15 is 0 Å². The molecule has 2 aromatic carbocycles. The average molecular weight is 507 g/mol. The molecule has 0 aliphatic heterocycles. The summed E-state index contributed by atoms with van der Waals surface area (Å²) < 4.78 is 19.7. The van der Waals surface area contributed by atoms with Crippen molar-refractivity contribution >= 4 is 0 Å². The summed E-state index contributed by atoms with van der Waals surface area (Å²) in [6.07, 6.45) is 3.59. The van der Waals surface area contributed by atoms with E-state index in [0.717, 1.165) is 11.4 Å². The molecule has 6 heteroatoms. The summed E-state index contributed by atoms with van der Waals surface area (Å²) in [6, 6.07) is 17.0. The van der Waals surface area contributed by atoms with Crippen LogP contribution in [-0.4, -0.2) is 22.6 Å². The van der Waals surface area contributed by atoms with Crippen LogP contribution in [0.3, 0.4) is 0 Å². The Morgan fingerprint density at radius 2 is 1.52 bits per heavy atom. The van der Waals surface area contributed by atoms with Gasteiger partial charge in [0.2, 0.25) is 0 Å². The third-order valence-corrected chi connectivity index (χ3v) is 3.85. The van der Waals surface area contributed by atoms with E-state index in [1.807, 2.05) is 48.7 Å². The second-order valence-electron chi connectivity index (χ2n) is 6.81. The van der Waals surface area contributed by atoms with E-state index in [9.17, 15) is 4.39 Å². The fourth-order valence-electron chi connectivity index (χ4n) is 2.24. The van der Waals surface area contributed by atoms with Crippen LogP contribution in [0.2, 0.25) is 0 Å². The Bertz CT molecular complexity index is 790. The first-order valence-electron chi connectivity index (χ1n) is 9.17. The first-order valence-corrected chi connectivity index (χ1v) is 9.17. The maximum Gasteiger partial charge on any atom is 0.159 e. The van der Waals surface area contributed by atoms with Gasteiger partial charge >= 0.3 is 0 Å². The van der Waals surface area contributed by atoms with Gasteiger partial charge < -0.3 is 4.74 Å². The SMILES string of the molecule is C.C.C.CC(C)NCOc1cnn(-c2ccccc2)c1.CC(C)c1ccc(F)cc1.[Y]. The first kappa shape index (κ1) is 34.1. The molecule has 3 aromatic rings. The topological polar surface area (TPSA) is 39.1 Å². The smallest absolute Gasteiger partial charge is 0.159 e. The average Bonchev–Trinajstić information content (AvgIpc) is 3.12. The molecule has 0 aliphatic carbocycles. The Morgan fingerprint density at radius 3 is 2.03 bits per heavy atom. The number of rotatable bonds is 6. The standard InChI is InChI=1S/C13H17N3O.C9H11F.3CH4.Y/c1-11(2)14-10-17-13-8-15-16(9-13)12-6-4-3-5-7-12;1-7(2)8-3-5-9(10)6-4-8;;;;/h3-9,11,14H,10H2,1-2H3;3-7H,1-2H3;3*1H4;. The summed E-state index contributed by atoms with van der Waals surface area (Å²) in [5.41, 5.74) is 2.21. The van der Waals surface area contributed by atoms with Gasteiger partial charge in [-0.05, 0) is 49.6 Å². The number of hydrogen-bond donors (Lipinski definition) is 1. The third kappa shape index (κ3) is 12.8. The minimum absolute atomic E-state index is 0. The number of nitrogens with one attached hydrogen (secondary N) is 1. The number of benzene rings is 2. The molecule has 0 saturated carbocycles. The number of aromatic nitrogens is 2. The minimum atomic E-state index is -0.163.